The van der Waals surface area contributed by atoms with E-state index in [9.17, 15) is 9.59 Å². The van der Waals surface area contributed by atoms with Crippen molar-refractivity contribution in [2.45, 2.75) is 20.3 Å². The minimum Gasteiger partial charge on any atom is -0.356 e. The van der Waals surface area contributed by atoms with Crippen LogP contribution in [-0.2, 0) is 4.79 Å². The molecule has 0 fully saturated rings. The summed E-state index contributed by atoms with van der Waals surface area (Å²) in [6, 6.07) is 5.11. The second-order valence-corrected chi connectivity index (χ2v) is 5.36. The molecule has 104 valence electrons. The highest BCUT2D eigenvalue weighted by molar-refractivity contribution is 9.10. The van der Waals surface area contributed by atoms with Crippen molar-refractivity contribution in [2.24, 2.45) is 5.92 Å². The number of nitrogens with one attached hydrogen (secondary N) is 2. The molecule has 0 unspecified atom stereocenters. The van der Waals surface area contributed by atoms with Gasteiger partial charge in [0.2, 0.25) is 5.91 Å². The maximum Gasteiger partial charge on any atom is 0.269 e. The molecule has 0 radical (unpaired) electrons. The maximum atomic E-state index is 11.7. The fourth-order valence-corrected chi connectivity index (χ4v) is 1.66. The van der Waals surface area contributed by atoms with Crippen LogP contribution >= 0.6 is 15.9 Å². The molecule has 0 aliphatic carbocycles. The van der Waals surface area contributed by atoms with Gasteiger partial charge in [0.1, 0.15) is 10.3 Å². The second-order valence-electron chi connectivity index (χ2n) is 4.55. The third kappa shape index (κ3) is 6.33. The largest absolute Gasteiger partial charge is 0.356 e. The van der Waals surface area contributed by atoms with Crippen molar-refractivity contribution in [2.75, 3.05) is 13.1 Å². The number of hydrogen-bond donors (Lipinski definition) is 2. The number of carbonyl (C=O) groups excluding carboxylic acids is 2. The zero-order valence-corrected chi connectivity index (χ0v) is 12.7. The number of rotatable bonds is 6. The molecule has 0 bridgehead atoms. The summed E-state index contributed by atoms with van der Waals surface area (Å²) < 4.78 is 0.606. The molecule has 0 saturated heterocycles. The van der Waals surface area contributed by atoms with Crippen LogP contribution < -0.4 is 10.6 Å². The summed E-state index contributed by atoms with van der Waals surface area (Å²) in [5, 5.41) is 5.45. The van der Waals surface area contributed by atoms with Gasteiger partial charge in [-0.05, 0) is 34.0 Å². The van der Waals surface area contributed by atoms with Crippen molar-refractivity contribution in [3.05, 3.63) is 28.5 Å². The van der Waals surface area contributed by atoms with Crippen LogP contribution in [0.2, 0.25) is 0 Å². The van der Waals surface area contributed by atoms with Gasteiger partial charge in [0.15, 0.2) is 0 Å². The summed E-state index contributed by atoms with van der Waals surface area (Å²) in [7, 11) is 0. The number of aromatic nitrogens is 1. The highest BCUT2D eigenvalue weighted by Gasteiger charge is 2.08. The van der Waals surface area contributed by atoms with Gasteiger partial charge in [0.25, 0.3) is 5.91 Å². The SMILES string of the molecule is CC(C)CNC(=O)CCNC(=O)c1cccc(Br)n1. The van der Waals surface area contributed by atoms with Crippen LogP contribution in [-0.4, -0.2) is 29.9 Å². The molecule has 0 aliphatic rings. The summed E-state index contributed by atoms with van der Waals surface area (Å²) in [5.41, 5.74) is 0.331. The molecule has 1 heterocycles. The van der Waals surface area contributed by atoms with Gasteiger partial charge in [0, 0.05) is 19.5 Å². The van der Waals surface area contributed by atoms with E-state index in [0.717, 1.165) is 0 Å². The molecule has 2 amide bonds. The first kappa shape index (κ1) is 15.6. The molecule has 0 spiro atoms. The van der Waals surface area contributed by atoms with Gasteiger partial charge in [-0.25, -0.2) is 4.98 Å². The number of amides is 2. The summed E-state index contributed by atoms with van der Waals surface area (Å²) in [4.78, 5) is 27.2. The number of carbonyl (C=O) groups is 2. The number of pyridine rings is 1. The van der Waals surface area contributed by atoms with Gasteiger partial charge in [-0.1, -0.05) is 19.9 Å². The highest BCUT2D eigenvalue weighted by Crippen LogP contribution is 2.05. The minimum atomic E-state index is -0.280. The van der Waals surface area contributed by atoms with Crippen LogP contribution in [0.15, 0.2) is 22.8 Å². The van der Waals surface area contributed by atoms with Crippen LogP contribution in [0.1, 0.15) is 30.8 Å². The van der Waals surface area contributed by atoms with Crippen LogP contribution in [0.5, 0.6) is 0 Å². The lowest BCUT2D eigenvalue weighted by molar-refractivity contribution is -0.121. The molecular formula is C13H18BrN3O2. The van der Waals surface area contributed by atoms with E-state index in [0.29, 0.717) is 29.3 Å². The second kappa shape index (κ2) is 7.89. The van der Waals surface area contributed by atoms with Crippen molar-refractivity contribution < 1.29 is 9.59 Å². The first-order valence-electron chi connectivity index (χ1n) is 6.16. The Kier molecular flexibility index (Phi) is 6.49. The van der Waals surface area contributed by atoms with Crippen LogP contribution in [0, 0.1) is 5.92 Å². The Hall–Kier alpha value is -1.43. The normalized spacial score (nSPS) is 10.3. The Bertz CT molecular complexity index is 449. The Labute approximate surface area is 121 Å². The van der Waals surface area contributed by atoms with Gasteiger partial charge >= 0.3 is 0 Å². The van der Waals surface area contributed by atoms with Gasteiger partial charge in [0.05, 0.1) is 0 Å². The van der Waals surface area contributed by atoms with Crippen LogP contribution in [0.4, 0.5) is 0 Å². The average molecular weight is 328 g/mol. The Morgan fingerprint density at radius 2 is 2.05 bits per heavy atom. The molecule has 0 atom stereocenters. The van der Waals surface area contributed by atoms with E-state index in [2.05, 4.69) is 31.5 Å². The highest BCUT2D eigenvalue weighted by atomic mass is 79.9. The van der Waals surface area contributed by atoms with Crippen molar-refractivity contribution in [3.63, 3.8) is 0 Å². The lowest BCUT2D eigenvalue weighted by atomic mass is 10.2. The predicted octanol–water partition coefficient (Wildman–Crippen LogP) is 1.74. The molecular weight excluding hydrogens is 310 g/mol. The summed E-state index contributed by atoms with van der Waals surface area (Å²) in [5.74, 6) is 0.0820. The molecule has 1 aromatic rings. The zero-order chi connectivity index (χ0) is 14.3. The number of hydrogen-bond acceptors (Lipinski definition) is 3. The van der Waals surface area contributed by atoms with E-state index in [-0.39, 0.29) is 18.2 Å². The van der Waals surface area contributed by atoms with Gasteiger partial charge < -0.3 is 10.6 Å². The summed E-state index contributed by atoms with van der Waals surface area (Å²) >= 11 is 3.20. The van der Waals surface area contributed by atoms with Crippen LogP contribution in [0.25, 0.3) is 0 Å². The lowest BCUT2D eigenvalue weighted by Crippen LogP contribution is -2.32. The Morgan fingerprint density at radius 1 is 1.32 bits per heavy atom. The van der Waals surface area contributed by atoms with E-state index in [4.69, 9.17) is 0 Å². The molecule has 1 aromatic heterocycles. The van der Waals surface area contributed by atoms with E-state index >= 15 is 0 Å². The molecule has 1 rings (SSSR count). The van der Waals surface area contributed by atoms with Crippen molar-refractivity contribution >= 4 is 27.7 Å². The third-order valence-electron chi connectivity index (χ3n) is 2.29. The zero-order valence-electron chi connectivity index (χ0n) is 11.1. The Morgan fingerprint density at radius 3 is 2.68 bits per heavy atom. The fraction of sp³-hybridized carbons (Fsp3) is 0.462. The first-order chi connectivity index (χ1) is 8.99. The standard InChI is InChI=1S/C13H18BrN3O2/c1-9(2)8-16-12(18)6-7-15-13(19)10-4-3-5-11(14)17-10/h3-5,9H,6-8H2,1-2H3,(H,15,19)(H,16,18). The van der Waals surface area contributed by atoms with Crippen molar-refractivity contribution in [1.29, 1.82) is 0 Å². The maximum absolute atomic E-state index is 11.7. The van der Waals surface area contributed by atoms with E-state index < -0.39 is 0 Å². The van der Waals surface area contributed by atoms with Gasteiger partial charge in [-0.3, -0.25) is 9.59 Å². The van der Waals surface area contributed by atoms with Crippen molar-refractivity contribution in [3.8, 4) is 0 Å². The molecule has 2 N–H and O–H groups in total. The monoisotopic (exact) mass is 327 g/mol. The van der Waals surface area contributed by atoms with E-state index in [1.54, 1.807) is 18.2 Å². The smallest absolute Gasteiger partial charge is 0.269 e. The van der Waals surface area contributed by atoms with E-state index in [1.807, 2.05) is 13.8 Å². The third-order valence-corrected chi connectivity index (χ3v) is 2.73. The summed E-state index contributed by atoms with van der Waals surface area (Å²) in [6.45, 7) is 5.01. The van der Waals surface area contributed by atoms with Crippen molar-refractivity contribution in [1.82, 2.24) is 15.6 Å². The number of halogens is 1. The predicted molar refractivity (Wildman–Crippen MR) is 76.7 cm³/mol. The average Bonchev–Trinajstić information content (AvgIpc) is 2.36. The molecule has 19 heavy (non-hydrogen) atoms. The van der Waals surface area contributed by atoms with Gasteiger partial charge in [-0.2, -0.15) is 0 Å². The molecule has 0 aromatic carbocycles. The van der Waals surface area contributed by atoms with Crippen LogP contribution in [0.3, 0.4) is 0 Å². The first-order valence-corrected chi connectivity index (χ1v) is 6.96. The minimum absolute atomic E-state index is 0.0591. The quantitative estimate of drug-likeness (QED) is 0.782. The topological polar surface area (TPSA) is 71.1 Å². The number of nitrogens with zero attached hydrogens (tertiary/aromatic N) is 1. The van der Waals surface area contributed by atoms with E-state index in [1.165, 1.54) is 0 Å². The van der Waals surface area contributed by atoms with Gasteiger partial charge in [-0.15, -0.1) is 0 Å². The summed E-state index contributed by atoms with van der Waals surface area (Å²) in [6.07, 6.45) is 0.270. The lowest BCUT2D eigenvalue weighted by Gasteiger charge is -2.08. The molecule has 0 aliphatic heterocycles. The Balaban J connectivity index is 2.29. The molecule has 6 heteroatoms. The fourth-order valence-electron chi connectivity index (χ4n) is 1.32. The molecule has 5 nitrogen and oxygen atoms in total. The molecule has 0 saturated carbocycles.